The van der Waals surface area contributed by atoms with Crippen molar-refractivity contribution in [1.29, 1.82) is 0 Å². The summed E-state index contributed by atoms with van der Waals surface area (Å²) < 4.78 is 6.80. The minimum Gasteiger partial charge on any atom is -0.450 e. The first-order chi connectivity index (χ1) is 8.81. The highest BCUT2D eigenvalue weighted by Crippen LogP contribution is 2.18. The molecule has 0 unspecified atom stereocenters. The van der Waals surface area contributed by atoms with Crippen LogP contribution >= 0.6 is 11.8 Å². The second-order valence-electron chi connectivity index (χ2n) is 3.52. The van der Waals surface area contributed by atoms with Crippen molar-refractivity contribution in [1.82, 2.24) is 14.7 Å². The molecule has 1 N–H and O–H groups in total. The number of rotatable bonds is 5. The van der Waals surface area contributed by atoms with Gasteiger partial charge in [-0.3, -0.25) is 4.40 Å². The van der Waals surface area contributed by atoms with Crippen molar-refractivity contribution >= 4 is 23.5 Å². The highest BCUT2D eigenvalue weighted by atomic mass is 32.2. The summed E-state index contributed by atoms with van der Waals surface area (Å²) in [7, 11) is 0. The zero-order chi connectivity index (χ0) is 12.8. The number of pyridine rings is 1. The van der Waals surface area contributed by atoms with Gasteiger partial charge in [0.25, 0.3) is 0 Å². The van der Waals surface area contributed by atoms with Crippen LogP contribution in [0.5, 0.6) is 0 Å². The van der Waals surface area contributed by atoms with Gasteiger partial charge in [-0.1, -0.05) is 6.07 Å². The Morgan fingerprint density at radius 3 is 3.28 bits per heavy atom. The largest absolute Gasteiger partial charge is 0.450 e. The minimum absolute atomic E-state index is 0.362. The maximum Gasteiger partial charge on any atom is 0.407 e. The van der Waals surface area contributed by atoms with Crippen molar-refractivity contribution in [2.75, 3.05) is 18.9 Å². The van der Waals surface area contributed by atoms with Crippen LogP contribution in [0.1, 0.15) is 6.92 Å². The molecule has 2 heterocycles. The molecule has 2 rings (SSSR count). The summed E-state index contributed by atoms with van der Waals surface area (Å²) in [6.07, 6.45) is 3.34. The molecule has 0 aliphatic carbocycles. The highest BCUT2D eigenvalue weighted by molar-refractivity contribution is 7.99. The Kier molecular flexibility index (Phi) is 4.46. The minimum atomic E-state index is -0.362. The lowest BCUT2D eigenvalue weighted by Gasteiger charge is -2.06. The molecule has 0 aromatic carbocycles. The number of aromatic nitrogens is 2. The highest BCUT2D eigenvalue weighted by Gasteiger charge is 2.02. The molecule has 0 fully saturated rings. The van der Waals surface area contributed by atoms with E-state index in [2.05, 4.69) is 10.3 Å². The number of fused-ring (bicyclic) bond motifs is 1. The second kappa shape index (κ2) is 6.30. The number of carbonyl (C=O) groups excluding carboxylic acids is 1. The predicted molar refractivity (Wildman–Crippen MR) is 70.9 cm³/mol. The van der Waals surface area contributed by atoms with Gasteiger partial charge in [0.2, 0.25) is 0 Å². The van der Waals surface area contributed by atoms with Crippen molar-refractivity contribution < 1.29 is 9.53 Å². The van der Waals surface area contributed by atoms with E-state index >= 15 is 0 Å². The molecule has 96 valence electrons. The molecule has 0 spiro atoms. The molecule has 0 saturated heterocycles. The van der Waals surface area contributed by atoms with Crippen LogP contribution in [0.25, 0.3) is 5.65 Å². The van der Waals surface area contributed by atoms with Gasteiger partial charge in [0.05, 0.1) is 11.6 Å². The Labute approximate surface area is 110 Å². The van der Waals surface area contributed by atoms with Gasteiger partial charge < -0.3 is 10.1 Å². The Morgan fingerprint density at radius 2 is 2.44 bits per heavy atom. The number of alkyl carbamates (subject to hydrolysis) is 1. The third kappa shape index (κ3) is 3.16. The van der Waals surface area contributed by atoms with Gasteiger partial charge in [0.1, 0.15) is 5.65 Å². The molecule has 6 heteroatoms. The molecular weight excluding hydrogens is 250 g/mol. The molecule has 2 aromatic heterocycles. The van der Waals surface area contributed by atoms with E-state index in [1.807, 2.05) is 28.8 Å². The third-order valence-corrected chi connectivity index (χ3v) is 3.32. The van der Waals surface area contributed by atoms with E-state index in [0.29, 0.717) is 13.2 Å². The topological polar surface area (TPSA) is 55.6 Å². The van der Waals surface area contributed by atoms with E-state index in [9.17, 15) is 4.79 Å². The number of hydrogen-bond acceptors (Lipinski definition) is 4. The monoisotopic (exact) mass is 265 g/mol. The molecule has 18 heavy (non-hydrogen) atoms. The molecular formula is C12H15N3O2S. The van der Waals surface area contributed by atoms with Crippen LogP contribution in [-0.2, 0) is 4.74 Å². The first kappa shape index (κ1) is 12.8. The van der Waals surface area contributed by atoms with E-state index in [0.717, 1.165) is 16.4 Å². The van der Waals surface area contributed by atoms with Gasteiger partial charge in [0.15, 0.2) is 0 Å². The molecule has 0 atom stereocenters. The molecule has 0 bridgehead atoms. The SMILES string of the molecule is CCOC(=O)NCCSc1cccc2nccn12. The summed E-state index contributed by atoms with van der Waals surface area (Å²) in [6.45, 7) is 2.76. The van der Waals surface area contributed by atoms with Crippen LogP contribution in [0.4, 0.5) is 4.79 Å². The van der Waals surface area contributed by atoms with Gasteiger partial charge in [-0.25, -0.2) is 9.78 Å². The van der Waals surface area contributed by atoms with Crippen LogP contribution in [0.15, 0.2) is 35.6 Å². The third-order valence-electron chi connectivity index (χ3n) is 2.29. The smallest absolute Gasteiger partial charge is 0.407 e. The summed E-state index contributed by atoms with van der Waals surface area (Å²) in [4.78, 5) is 15.3. The number of imidazole rings is 1. The number of ether oxygens (including phenoxy) is 1. The number of amides is 1. The molecule has 2 aromatic rings. The van der Waals surface area contributed by atoms with E-state index in [4.69, 9.17) is 4.74 Å². The van der Waals surface area contributed by atoms with Crippen molar-refractivity contribution in [2.24, 2.45) is 0 Å². The number of nitrogens with one attached hydrogen (secondary N) is 1. The first-order valence-electron chi connectivity index (χ1n) is 5.76. The van der Waals surface area contributed by atoms with E-state index in [-0.39, 0.29) is 6.09 Å². The summed E-state index contributed by atoms with van der Waals surface area (Å²) in [5, 5.41) is 3.80. The van der Waals surface area contributed by atoms with E-state index < -0.39 is 0 Å². The normalized spacial score (nSPS) is 10.5. The Morgan fingerprint density at radius 1 is 1.56 bits per heavy atom. The van der Waals surface area contributed by atoms with Crippen LogP contribution in [0.3, 0.4) is 0 Å². The number of hydrogen-bond donors (Lipinski definition) is 1. The van der Waals surface area contributed by atoms with E-state index in [1.165, 1.54) is 0 Å². The van der Waals surface area contributed by atoms with Gasteiger partial charge in [-0.05, 0) is 19.1 Å². The maximum absolute atomic E-state index is 11.1. The zero-order valence-electron chi connectivity index (χ0n) is 10.1. The van der Waals surface area contributed by atoms with Crippen LogP contribution in [0.2, 0.25) is 0 Å². The lowest BCUT2D eigenvalue weighted by Crippen LogP contribution is -2.26. The second-order valence-corrected chi connectivity index (χ2v) is 4.63. The average Bonchev–Trinajstić information content (AvgIpc) is 2.84. The first-order valence-corrected chi connectivity index (χ1v) is 6.75. The fourth-order valence-corrected chi connectivity index (χ4v) is 2.41. The van der Waals surface area contributed by atoms with E-state index in [1.54, 1.807) is 24.9 Å². The average molecular weight is 265 g/mol. The molecule has 0 saturated carbocycles. The molecule has 1 amide bonds. The molecule has 0 aliphatic heterocycles. The fourth-order valence-electron chi connectivity index (χ4n) is 1.53. The number of carbonyl (C=O) groups is 1. The van der Waals surface area contributed by atoms with Crippen molar-refractivity contribution in [2.45, 2.75) is 11.9 Å². The van der Waals surface area contributed by atoms with Crippen LogP contribution in [-0.4, -0.2) is 34.4 Å². The zero-order valence-corrected chi connectivity index (χ0v) is 10.9. The Bertz CT molecular complexity index is 527. The Balaban J connectivity index is 1.83. The van der Waals surface area contributed by atoms with Crippen molar-refractivity contribution in [3.63, 3.8) is 0 Å². The maximum atomic E-state index is 11.1. The molecule has 5 nitrogen and oxygen atoms in total. The van der Waals surface area contributed by atoms with Crippen molar-refractivity contribution in [3.8, 4) is 0 Å². The Hall–Kier alpha value is -1.69. The fraction of sp³-hybridized carbons (Fsp3) is 0.333. The summed E-state index contributed by atoms with van der Waals surface area (Å²) in [6, 6.07) is 5.97. The summed E-state index contributed by atoms with van der Waals surface area (Å²) >= 11 is 1.67. The van der Waals surface area contributed by atoms with Crippen LogP contribution in [0, 0.1) is 0 Å². The summed E-state index contributed by atoms with van der Waals surface area (Å²) in [5.74, 6) is 0.788. The summed E-state index contributed by atoms with van der Waals surface area (Å²) in [5.41, 5.74) is 0.929. The number of nitrogens with zero attached hydrogens (tertiary/aromatic N) is 2. The standard InChI is InChI=1S/C12H15N3O2S/c1-2-17-12(16)14-7-9-18-11-5-3-4-10-13-6-8-15(10)11/h3-6,8H,2,7,9H2,1H3,(H,14,16). The predicted octanol–water partition coefficient (Wildman–Crippen LogP) is 2.17. The lowest BCUT2D eigenvalue weighted by atomic mass is 10.5. The quantitative estimate of drug-likeness (QED) is 0.665. The van der Waals surface area contributed by atoms with Crippen molar-refractivity contribution in [3.05, 3.63) is 30.6 Å². The van der Waals surface area contributed by atoms with Gasteiger partial charge in [-0.2, -0.15) is 0 Å². The lowest BCUT2D eigenvalue weighted by molar-refractivity contribution is 0.153. The van der Waals surface area contributed by atoms with Gasteiger partial charge >= 0.3 is 6.09 Å². The van der Waals surface area contributed by atoms with Crippen LogP contribution < -0.4 is 5.32 Å². The molecule has 0 aliphatic rings. The van der Waals surface area contributed by atoms with Gasteiger partial charge in [0, 0.05) is 24.7 Å². The van der Waals surface area contributed by atoms with Gasteiger partial charge in [-0.15, -0.1) is 11.8 Å². The number of thioether (sulfide) groups is 1. The molecule has 0 radical (unpaired) electrons.